The molecule has 3 rings (SSSR count). The fourth-order valence-electron chi connectivity index (χ4n) is 2.63. The van der Waals surface area contributed by atoms with E-state index in [-0.39, 0.29) is 23.8 Å². The van der Waals surface area contributed by atoms with Crippen LogP contribution in [0.15, 0.2) is 53.3 Å². The summed E-state index contributed by atoms with van der Waals surface area (Å²) in [6, 6.07) is 14.0. The number of carbonyl (C=O) groups excluding carboxylic acids is 2. The first-order valence-corrected chi connectivity index (χ1v) is 8.47. The Hall–Kier alpha value is -3.48. The molecule has 0 fully saturated rings. The predicted molar refractivity (Wildman–Crippen MR) is 100 cm³/mol. The van der Waals surface area contributed by atoms with Crippen molar-refractivity contribution in [1.29, 1.82) is 0 Å². The summed E-state index contributed by atoms with van der Waals surface area (Å²) in [5.41, 5.74) is 1.64. The number of hydrogen-bond donors (Lipinski definition) is 2. The zero-order valence-corrected chi connectivity index (χ0v) is 15.0. The average Bonchev–Trinajstić information content (AvgIpc) is 2.66. The minimum atomic E-state index is -0.759. The lowest BCUT2D eigenvalue weighted by Gasteiger charge is -2.13. The lowest BCUT2D eigenvalue weighted by Crippen LogP contribution is -2.31. The first-order chi connectivity index (χ1) is 12.9. The summed E-state index contributed by atoms with van der Waals surface area (Å²) in [4.78, 5) is 43.1. The van der Waals surface area contributed by atoms with Crippen LogP contribution in [0.2, 0.25) is 0 Å². The maximum absolute atomic E-state index is 12.1. The Labute approximate surface area is 155 Å². The number of nitrogens with one attached hydrogen (secondary N) is 2. The highest BCUT2D eigenvalue weighted by molar-refractivity contribution is 5.96. The maximum atomic E-state index is 12.1. The van der Waals surface area contributed by atoms with E-state index in [0.717, 1.165) is 5.56 Å². The van der Waals surface area contributed by atoms with Crippen molar-refractivity contribution in [2.45, 2.75) is 20.0 Å². The molecular formula is C20H19N3O4. The van der Waals surface area contributed by atoms with Gasteiger partial charge in [0.05, 0.1) is 10.9 Å². The second-order valence-electron chi connectivity index (χ2n) is 6.15. The third-order valence-electron chi connectivity index (χ3n) is 4.00. The SMILES string of the molecule is Cc1cccc(C(=O)NCC(=O)O[C@H](C)c2nc3ccccc3c(=O)[nH]2)c1. The van der Waals surface area contributed by atoms with Crippen LogP contribution in [0.4, 0.5) is 0 Å². The lowest BCUT2D eigenvalue weighted by molar-refractivity contribution is -0.147. The first kappa shape index (κ1) is 18.3. The van der Waals surface area contributed by atoms with Gasteiger partial charge in [0.15, 0.2) is 11.9 Å². The summed E-state index contributed by atoms with van der Waals surface area (Å²) in [6.07, 6.45) is -0.759. The zero-order valence-electron chi connectivity index (χ0n) is 15.0. The van der Waals surface area contributed by atoms with E-state index in [1.807, 2.05) is 13.0 Å². The number of fused-ring (bicyclic) bond motifs is 1. The van der Waals surface area contributed by atoms with E-state index < -0.39 is 12.1 Å². The highest BCUT2D eigenvalue weighted by atomic mass is 16.5. The molecule has 1 amide bonds. The van der Waals surface area contributed by atoms with Gasteiger partial charge >= 0.3 is 5.97 Å². The molecule has 138 valence electrons. The van der Waals surface area contributed by atoms with Crippen LogP contribution in [0.3, 0.4) is 0 Å². The number of nitrogens with zero attached hydrogens (tertiary/aromatic N) is 1. The van der Waals surface area contributed by atoms with Gasteiger partial charge in [0.25, 0.3) is 11.5 Å². The fourth-order valence-corrected chi connectivity index (χ4v) is 2.63. The quantitative estimate of drug-likeness (QED) is 0.676. The van der Waals surface area contributed by atoms with Gasteiger partial charge in [-0.3, -0.25) is 14.4 Å². The lowest BCUT2D eigenvalue weighted by atomic mass is 10.1. The van der Waals surface area contributed by atoms with Crippen molar-refractivity contribution in [2.24, 2.45) is 0 Å². The summed E-state index contributed by atoms with van der Waals surface area (Å²) in [5, 5.41) is 2.98. The van der Waals surface area contributed by atoms with Gasteiger partial charge in [0.2, 0.25) is 0 Å². The number of benzene rings is 2. The van der Waals surface area contributed by atoms with E-state index in [9.17, 15) is 14.4 Å². The van der Waals surface area contributed by atoms with Crippen molar-refractivity contribution in [2.75, 3.05) is 6.54 Å². The Morgan fingerprint density at radius 3 is 2.74 bits per heavy atom. The first-order valence-electron chi connectivity index (χ1n) is 8.47. The van der Waals surface area contributed by atoms with Crippen LogP contribution in [0.5, 0.6) is 0 Å². The Morgan fingerprint density at radius 2 is 1.96 bits per heavy atom. The van der Waals surface area contributed by atoms with Crippen molar-refractivity contribution in [3.63, 3.8) is 0 Å². The van der Waals surface area contributed by atoms with E-state index in [0.29, 0.717) is 16.5 Å². The summed E-state index contributed by atoms with van der Waals surface area (Å²) in [5.74, 6) is -0.739. The molecule has 2 N–H and O–H groups in total. The van der Waals surface area contributed by atoms with Gasteiger partial charge in [0, 0.05) is 5.56 Å². The minimum Gasteiger partial charge on any atom is -0.453 e. The van der Waals surface area contributed by atoms with Crippen LogP contribution < -0.4 is 10.9 Å². The number of carbonyl (C=O) groups is 2. The number of para-hydroxylation sites is 1. The molecule has 0 radical (unpaired) electrons. The van der Waals surface area contributed by atoms with Crippen LogP contribution >= 0.6 is 0 Å². The number of rotatable bonds is 5. The van der Waals surface area contributed by atoms with Crippen LogP contribution in [0, 0.1) is 6.92 Å². The number of hydrogen-bond acceptors (Lipinski definition) is 5. The zero-order chi connectivity index (χ0) is 19.4. The molecule has 7 nitrogen and oxygen atoms in total. The average molecular weight is 365 g/mol. The summed E-state index contributed by atoms with van der Waals surface area (Å²) in [6.45, 7) is 3.20. The monoisotopic (exact) mass is 365 g/mol. The molecule has 0 aliphatic carbocycles. The van der Waals surface area contributed by atoms with Crippen LogP contribution in [0.25, 0.3) is 10.9 Å². The summed E-state index contributed by atoms with van der Waals surface area (Å²) in [7, 11) is 0. The van der Waals surface area contributed by atoms with Gasteiger partial charge in [-0.2, -0.15) is 0 Å². The van der Waals surface area contributed by atoms with Crippen LogP contribution in [-0.2, 0) is 9.53 Å². The van der Waals surface area contributed by atoms with Crippen molar-refractivity contribution in [3.05, 3.63) is 75.8 Å². The van der Waals surface area contributed by atoms with Gasteiger partial charge in [-0.25, -0.2) is 4.98 Å². The van der Waals surface area contributed by atoms with E-state index in [4.69, 9.17) is 4.74 Å². The molecule has 0 saturated carbocycles. The molecule has 0 unspecified atom stereocenters. The van der Waals surface area contributed by atoms with Gasteiger partial charge in [-0.1, -0.05) is 29.8 Å². The number of aromatic amines is 1. The third-order valence-corrected chi connectivity index (χ3v) is 4.00. The Kier molecular flexibility index (Phi) is 5.30. The molecule has 0 spiro atoms. The Morgan fingerprint density at radius 1 is 1.19 bits per heavy atom. The second-order valence-corrected chi connectivity index (χ2v) is 6.15. The van der Waals surface area contributed by atoms with E-state index in [2.05, 4.69) is 15.3 Å². The molecule has 2 aromatic carbocycles. The number of aryl methyl sites for hydroxylation is 1. The molecule has 1 aromatic heterocycles. The Balaban J connectivity index is 1.62. The van der Waals surface area contributed by atoms with Gasteiger partial charge in [-0.15, -0.1) is 0 Å². The normalized spacial score (nSPS) is 11.8. The van der Waals surface area contributed by atoms with E-state index in [1.165, 1.54) is 0 Å². The molecule has 1 heterocycles. The van der Waals surface area contributed by atoms with Gasteiger partial charge in [0.1, 0.15) is 6.54 Å². The van der Waals surface area contributed by atoms with Crippen LogP contribution in [0.1, 0.15) is 34.8 Å². The summed E-state index contributed by atoms with van der Waals surface area (Å²) < 4.78 is 5.26. The van der Waals surface area contributed by atoms with Crippen molar-refractivity contribution in [1.82, 2.24) is 15.3 Å². The van der Waals surface area contributed by atoms with Crippen molar-refractivity contribution < 1.29 is 14.3 Å². The molecule has 3 aromatic rings. The van der Waals surface area contributed by atoms with Gasteiger partial charge in [-0.05, 0) is 38.1 Å². The molecule has 27 heavy (non-hydrogen) atoms. The molecule has 7 heteroatoms. The Bertz CT molecular complexity index is 1060. The fraction of sp³-hybridized carbons (Fsp3) is 0.200. The molecule has 0 bridgehead atoms. The molecular weight excluding hydrogens is 346 g/mol. The molecule has 0 aliphatic heterocycles. The molecule has 0 saturated heterocycles. The topological polar surface area (TPSA) is 101 Å². The number of ether oxygens (including phenoxy) is 1. The third kappa shape index (κ3) is 4.38. The minimum absolute atomic E-state index is 0.247. The number of H-pyrrole nitrogens is 1. The van der Waals surface area contributed by atoms with E-state index in [1.54, 1.807) is 49.4 Å². The van der Waals surface area contributed by atoms with Crippen LogP contribution in [-0.4, -0.2) is 28.4 Å². The van der Waals surface area contributed by atoms with Gasteiger partial charge < -0.3 is 15.0 Å². The highest BCUT2D eigenvalue weighted by Crippen LogP contribution is 2.14. The molecule has 1 atom stereocenters. The van der Waals surface area contributed by atoms with Crippen molar-refractivity contribution in [3.8, 4) is 0 Å². The highest BCUT2D eigenvalue weighted by Gasteiger charge is 2.16. The number of aromatic nitrogens is 2. The number of amides is 1. The standard InChI is InChI=1S/C20H19N3O4/c1-12-6-5-7-14(10-12)19(25)21-11-17(24)27-13(2)18-22-16-9-4-3-8-15(16)20(26)23-18/h3-10,13H,11H2,1-2H3,(H,21,25)(H,22,23,26)/t13-/m1/s1. The predicted octanol–water partition coefficient (Wildman–Crippen LogP) is 2.27. The maximum Gasteiger partial charge on any atom is 0.326 e. The smallest absolute Gasteiger partial charge is 0.326 e. The van der Waals surface area contributed by atoms with Crippen molar-refractivity contribution >= 4 is 22.8 Å². The van der Waals surface area contributed by atoms with E-state index >= 15 is 0 Å². The number of esters is 1. The summed E-state index contributed by atoms with van der Waals surface area (Å²) >= 11 is 0. The molecule has 0 aliphatic rings. The largest absolute Gasteiger partial charge is 0.453 e. The second kappa shape index (κ2) is 7.82.